The van der Waals surface area contributed by atoms with Crippen molar-refractivity contribution in [2.75, 3.05) is 24.5 Å². The van der Waals surface area contributed by atoms with E-state index in [1.165, 1.54) is 23.1 Å². The number of nitrogens with zero attached hydrogens (tertiary/aromatic N) is 5. The zero-order valence-corrected chi connectivity index (χ0v) is 25.1. The number of piperazine rings is 1. The van der Waals surface area contributed by atoms with Crippen molar-refractivity contribution < 1.29 is 31.1 Å². The maximum Gasteiger partial charge on any atom is 0.573 e. The van der Waals surface area contributed by atoms with Crippen LogP contribution in [0.3, 0.4) is 0 Å². The summed E-state index contributed by atoms with van der Waals surface area (Å²) in [5, 5.41) is 3.39. The Labute approximate surface area is 254 Å². The number of anilines is 1. The summed E-state index contributed by atoms with van der Waals surface area (Å²) in [4.78, 5) is 27.7. The number of aryl methyl sites for hydroxylation is 1. The number of benzene rings is 2. The van der Waals surface area contributed by atoms with Gasteiger partial charge in [-0.3, -0.25) is 4.79 Å². The van der Waals surface area contributed by atoms with Gasteiger partial charge in [-0.1, -0.05) is 48.9 Å². The molecule has 0 spiro atoms. The lowest BCUT2D eigenvalue weighted by Crippen LogP contribution is -2.60. The van der Waals surface area contributed by atoms with Gasteiger partial charge in [-0.05, 0) is 53.4 Å². The number of fused-ring (bicyclic) bond motifs is 1. The zero-order valence-electron chi connectivity index (χ0n) is 22.7. The lowest BCUT2D eigenvalue weighted by Gasteiger charge is -2.39. The van der Waals surface area contributed by atoms with Crippen LogP contribution in [0.5, 0.6) is 5.75 Å². The number of nitrogens with one attached hydrogen (secondary N) is 1. The third-order valence-electron chi connectivity index (χ3n) is 6.71. The van der Waals surface area contributed by atoms with Crippen molar-refractivity contribution in [3.63, 3.8) is 0 Å². The Morgan fingerprint density at radius 3 is 2.47 bits per heavy atom. The Hall–Kier alpha value is -3.53. The highest BCUT2D eigenvalue weighted by molar-refractivity contribution is 7.89. The molecule has 0 unspecified atom stereocenters. The van der Waals surface area contributed by atoms with E-state index in [0.717, 1.165) is 47.0 Å². The van der Waals surface area contributed by atoms with Crippen molar-refractivity contribution in [2.24, 2.45) is 0 Å². The monoisotopic (exact) mass is 654 g/mol. The minimum atomic E-state index is -4.92. The van der Waals surface area contributed by atoms with E-state index in [1.807, 2.05) is 24.3 Å². The molecule has 1 fully saturated rings. The molecule has 228 valence electrons. The van der Waals surface area contributed by atoms with Crippen molar-refractivity contribution in [3.8, 4) is 5.75 Å². The molecule has 0 saturated carbocycles. The number of halogens is 4. The summed E-state index contributed by atoms with van der Waals surface area (Å²) in [7, 11) is -4.30. The Morgan fingerprint density at radius 2 is 1.79 bits per heavy atom. The molecule has 3 heterocycles. The molecule has 1 aliphatic heterocycles. The van der Waals surface area contributed by atoms with Gasteiger partial charge in [-0.15, -0.1) is 13.2 Å². The fraction of sp³-hybridized carbons (Fsp3) is 0.333. The summed E-state index contributed by atoms with van der Waals surface area (Å²) < 4.78 is 70.8. The number of thiazole rings is 1. The van der Waals surface area contributed by atoms with E-state index >= 15 is 0 Å². The van der Waals surface area contributed by atoms with Gasteiger partial charge in [-0.2, -0.15) is 14.3 Å². The maximum atomic E-state index is 13.7. The number of hydrogen-bond acceptors (Lipinski definition) is 9. The van der Waals surface area contributed by atoms with Crippen LogP contribution < -0.4 is 15.0 Å². The number of amides is 1. The van der Waals surface area contributed by atoms with Gasteiger partial charge in [0.25, 0.3) is 0 Å². The van der Waals surface area contributed by atoms with Crippen LogP contribution in [-0.4, -0.2) is 65.6 Å². The molecular formula is C27H26ClF3N6O4S2. The van der Waals surface area contributed by atoms with Crippen molar-refractivity contribution in [2.45, 2.75) is 43.6 Å². The Bertz CT molecular complexity index is 1700. The Kier molecular flexibility index (Phi) is 9.06. The predicted octanol–water partition coefficient (Wildman–Crippen LogP) is 4.79. The van der Waals surface area contributed by atoms with Crippen molar-refractivity contribution in [3.05, 3.63) is 71.1 Å². The van der Waals surface area contributed by atoms with Crippen LogP contribution in [0.15, 0.2) is 59.6 Å². The van der Waals surface area contributed by atoms with Crippen molar-refractivity contribution >= 4 is 54.3 Å². The summed E-state index contributed by atoms with van der Waals surface area (Å²) in [5.74, 6) is -1.10. The highest BCUT2D eigenvalue weighted by atomic mass is 35.5. The first-order valence-electron chi connectivity index (χ1n) is 13.2. The van der Waals surface area contributed by atoms with Crippen LogP contribution in [0, 0.1) is 0 Å². The van der Waals surface area contributed by atoms with Gasteiger partial charge in [0.1, 0.15) is 11.8 Å². The van der Waals surface area contributed by atoms with Gasteiger partial charge in [0.15, 0.2) is 10.8 Å². The van der Waals surface area contributed by atoms with Gasteiger partial charge < -0.3 is 15.0 Å². The average Bonchev–Trinajstić information content (AvgIpc) is 3.39. The number of hydrogen-bond donors (Lipinski definition) is 1. The summed E-state index contributed by atoms with van der Waals surface area (Å²) in [6, 6.07) is 10.5. The number of ether oxygens (including phenoxy) is 1. The smallest absolute Gasteiger partial charge is 0.406 e. The van der Waals surface area contributed by atoms with Crippen LogP contribution >= 0.6 is 22.9 Å². The molecule has 5 rings (SSSR count). The molecule has 1 N–H and O–H groups in total. The predicted molar refractivity (Wildman–Crippen MR) is 156 cm³/mol. The van der Waals surface area contributed by atoms with Crippen LogP contribution in [0.4, 0.5) is 18.3 Å². The number of rotatable bonds is 9. The summed E-state index contributed by atoms with van der Waals surface area (Å²) in [6.45, 7) is 2.33. The Balaban J connectivity index is 1.39. The van der Waals surface area contributed by atoms with E-state index in [9.17, 15) is 26.4 Å². The second kappa shape index (κ2) is 12.6. The number of carbonyl (C=O) groups is 1. The maximum absolute atomic E-state index is 13.7. The van der Waals surface area contributed by atoms with Crippen LogP contribution in [0.1, 0.15) is 24.5 Å². The number of alkyl halides is 3. The summed E-state index contributed by atoms with van der Waals surface area (Å²) >= 11 is 7.17. The second-order valence-corrected chi connectivity index (χ2v) is 12.9. The SMILES string of the molecule is CCCc1ccc(CNC(=O)[C@H]2CN(c3nc4nc(Cl)ncc4s3)CCN2S(=O)(=O)c2ccc(OC(F)(F)F)cc2)cc1. The molecule has 0 aliphatic carbocycles. The first-order valence-corrected chi connectivity index (χ1v) is 15.8. The third kappa shape index (κ3) is 7.34. The molecule has 1 amide bonds. The van der Waals surface area contributed by atoms with Crippen LogP contribution in [0.2, 0.25) is 5.28 Å². The van der Waals surface area contributed by atoms with E-state index in [2.05, 4.69) is 31.9 Å². The Morgan fingerprint density at radius 1 is 1.09 bits per heavy atom. The number of sulfonamides is 1. The third-order valence-corrected chi connectivity index (χ3v) is 9.85. The van der Waals surface area contributed by atoms with Crippen LogP contribution in [0.25, 0.3) is 10.3 Å². The molecular weight excluding hydrogens is 629 g/mol. The summed E-state index contributed by atoms with van der Waals surface area (Å²) in [6.07, 6.45) is -1.45. The lowest BCUT2D eigenvalue weighted by atomic mass is 10.1. The van der Waals surface area contributed by atoms with Gasteiger partial charge in [-0.25, -0.2) is 13.4 Å². The molecule has 1 saturated heterocycles. The highest BCUT2D eigenvalue weighted by Crippen LogP contribution is 2.32. The molecule has 10 nitrogen and oxygen atoms in total. The molecule has 2 aromatic heterocycles. The van der Waals surface area contributed by atoms with E-state index in [-0.39, 0.29) is 36.4 Å². The molecule has 1 aliphatic rings. The fourth-order valence-corrected chi connectivity index (χ4v) is 7.26. The van der Waals surface area contributed by atoms with E-state index in [1.54, 1.807) is 4.90 Å². The van der Waals surface area contributed by atoms with Crippen molar-refractivity contribution in [1.82, 2.24) is 24.6 Å². The topological polar surface area (TPSA) is 118 Å². The largest absolute Gasteiger partial charge is 0.573 e. The minimum absolute atomic E-state index is 0.0310. The molecule has 16 heteroatoms. The van der Waals surface area contributed by atoms with E-state index in [4.69, 9.17) is 11.6 Å². The van der Waals surface area contributed by atoms with E-state index in [0.29, 0.717) is 15.5 Å². The normalized spacial score (nSPS) is 16.4. The van der Waals surface area contributed by atoms with Crippen LogP contribution in [-0.2, 0) is 27.8 Å². The quantitative estimate of drug-likeness (QED) is 0.256. The van der Waals surface area contributed by atoms with E-state index < -0.39 is 34.1 Å². The van der Waals surface area contributed by atoms with Gasteiger partial charge in [0.2, 0.25) is 21.2 Å². The molecule has 1 atom stereocenters. The zero-order chi connectivity index (χ0) is 30.8. The lowest BCUT2D eigenvalue weighted by molar-refractivity contribution is -0.274. The van der Waals surface area contributed by atoms with Gasteiger partial charge >= 0.3 is 6.36 Å². The molecule has 43 heavy (non-hydrogen) atoms. The van der Waals surface area contributed by atoms with Crippen molar-refractivity contribution in [1.29, 1.82) is 0 Å². The standard InChI is InChI=1S/C27H26ClF3N6O4S2/c1-2-3-17-4-6-18(7-5-17)14-32-24(38)21-16-36(26-35-23-22(42-26)15-33-25(28)34-23)12-13-37(21)43(39,40)20-10-8-19(9-11-20)41-27(29,30)31/h4-11,15,21H,2-3,12-14,16H2,1H3,(H,32,38)/t21-/m1/s1. The highest BCUT2D eigenvalue weighted by Gasteiger charge is 2.41. The van der Waals surface area contributed by atoms with Gasteiger partial charge in [0, 0.05) is 26.2 Å². The summed E-state index contributed by atoms with van der Waals surface area (Å²) in [5.41, 5.74) is 2.40. The molecule has 4 aromatic rings. The number of aromatic nitrogens is 3. The minimum Gasteiger partial charge on any atom is -0.406 e. The first kappa shape index (κ1) is 30.9. The molecule has 2 aromatic carbocycles. The molecule has 0 radical (unpaired) electrons. The second-order valence-electron chi connectivity index (χ2n) is 9.70. The van der Waals surface area contributed by atoms with Gasteiger partial charge in [0.05, 0.1) is 15.8 Å². The first-order chi connectivity index (χ1) is 20.4. The fourth-order valence-electron chi connectivity index (χ4n) is 4.65. The molecule has 0 bridgehead atoms. The number of carbonyl (C=O) groups excluding carboxylic acids is 1. The average molecular weight is 655 g/mol.